The molecule has 0 unspecified atom stereocenters. The number of thioether (sulfide) groups is 1. The van der Waals surface area contributed by atoms with Crippen LogP contribution in [-0.4, -0.2) is 39.4 Å². The Labute approximate surface area is 139 Å². The standard InChI is InChI=1S/C17H19N3O2S/c1-19-9-5-8-15(19)16(21)12-23-17-18-13-6-3-4-7-14(13)20(17)10-11-22-2/h3-9H,10-12H2,1-2H3. The van der Waals surface area contributed by atoms with E-state index in [4.69, 9.17) is 4.74 Å². The van der Waals surface area contributed by atoms with E-state index in [0.717, 1.165) is 28.4 Å². The zero-order chi connectivity index (χ0) is 16.2. The van der Waals surface area contributed by atoms with Crippen LogP contribution in [0.1, 0.15) is 10.5 Å². The highest BCUT2D eigenvalue weighted by molar-refractivity contribution is 7.99. The average molecular weight is 329 g/mol. The molecule has 2 heterocycles. The Morgan fingerprint density at radius 1 is 1.26 bits per heavy atom. The summed E-state index contributed by atoms with van der Waals surface area (Å²) >= 11 is 1.47. The average Bonchev–Trinajstić information content (AvgIpc) is 3.14. The summed E-state index contributed by atoms with van der Waals surface area (Å²) in [6.07, 6.45) is 1.88. The lowest BCUT2D eigenvalue weighted by Crippen LogP contribution is -2.10. The van der Waals surface area contributed by atoms with Crippen molar-refractivity contribution in [3.8, 4) is 0 Å². The lowest BCUT2D eigenvalue weighted by molar-refractivity contribution is 0.101. The number of ether oxygens (including phenoxy) is 1. The molecule has 0 bridgehead atoms. The molecule has 2 aromatic heterocycles. The Hall–Kier alpha value is -2.05. The summed E-state index contributed by atoms with van der Waals surface area (Å²) < 4.78 is 9.15. The van der Waals surface area contributed by atoms with Crippen molar-refractivity contribution in [1.29, 1.82) is 0 Å². The third-order valence-electron chi connectivity index (χ3n) is 3.70. The maximum atomic E-state index is 12.3. The van der Waals surface area contributed by atoms with E-state index >= 15 is 0 Å². The van der Waals surface area contributed by atoms with Crippen LogP contribution in [-0.2, 0) is 18.3 Å². The molecule has 0 spiro atoms. The van der Waals surface area contributed by atoms with Gasteiger partial charge in [-0.25, -0.2) is 4.98 Å². The maximum Gasteiger partial charge on any atom is 0.189 e. The van der Waals surface area contributed by atoms with Crippen LogP contribution >= 0.6 is 11.8 Å². The first-order chi connectivity index (χ1) is 11.2. The number of Topliss-reactive ketones (excluding diaryl/α,β-unsaturated/α-hetero) is 1. The molecule has 3 aromatic rings. The molecule has 5 nitrogen and oxygen atoms in total. The molecule has 0 radical (unpaired) electrons. The molecule has 0 aliphatic rings. The molecule has 0 saturated heterocycles. The molecular formula is C17H19N3O2S. The molecule has 1 aromatic carbocycles. The third-order valence-corrected chi connectivity index (χ3v) is 4.68. The molecule has 0 aliphatic heterocycles. The highest BCUT2D eigenvalue weighted by atomic mass is 32.2. The number of para-hydroxylation sites is 2. The van der Waals surface area contributed by atoms with Gasteiger partial charge in [-0.3, -0.25) is 4.79 Å². The van der Waals surface area contributed by atoms with Crippen molar-refractivity contribution in [1.82, 2.24) is 14.1 Å². The smallest absolute Gasteiger partial charge is 0.189 e. The van der Waals surface area contributed by atoms with E-state index in [1.165, 1.54) is 11.8 Å². The Kier molecular flexibility index (Phi) is 4.83. The summed E-state index contributed by atoms with van der Waals surface area (Å²) in [4.78, 5) is 17.0. The summed E-state index contributed by atoms with van der Waals surface area (Å²) in [6.45, 7) is 1.33. The van der Waals surface area contributed by atoms with Crippen molar-refractivity contribution in [3.63, 3.8) is 0 Å². The number of benzene rings is 1. The van der Waals surface area contributed by atoms with Crippen LogP contribution in [0.25, 0.3) is 11.0 Å². The normalized spacial score (nSPS) is 11.2. The fourth-order valence-electron chi connectivity index (χ4n) is 2.52. The van der Waals surface area contributed by atoms with Crippen LogP contribution in [0.5, 0.6) is 0 Å². The van der Waals surface area contributed by atoms with E-state index in [1.54, 1.807) is 7.11 Å². The second kappa shape index (κ2) is 7.02. The number of imidazole rings is 1. The van der Waals surface area contributed by atoms with Gasteiger partial charge >= 0.3 is 0 Å². The number of aryl methyl sites for hydroxylation is 1. The molecule has 23 heavy (non-hydrogen) atoms. The largest absolute Gasteiger partial charge is 0.383 e. The Bertz CT molecular complexity index is 822. The van der Waals surface area contributed by atoms with Gasteiger partial charge in [-0.05, 0) is 24.3 Å². The van der Waals surface area contributed by atoms with E-state index in [0.29, 0.717) is 12.4 Å². The number of carbonyl (C=O) groups is 1. The monoisotopic (exact) mass is 329 g/mol. The minimum atomic E-state index is 0.104. The third kappa shape index (κ3) is 3.33. The summed E-state index contributed by atoms with van der Waals surface area (Å²) in [5, 5.41) is 0.853. The lowest BCUT2D eigenvalue weighted by Gasteiger charge is -2.08. The molecule has 0 fully saturated rings. The SMILES string of the molecule is COCCn1c(SCC(=O)c2cccn2C)nc2ccccc21. The number of carbonyl (C=O) groups excluding carboxylic acids is 1. The summed E-state index contributed by atoms with van der Waals surface area (Å²) in [5.41, 5.74) is 2.73. The van der Waals surface area contributed by atoms with Crippen molar-refractivity contribution in [2.45, 2.75) is 11.7 Å². The zero-order valence-electron chi connectivity index (χ0n) is 13.2. The van der Waals surface area contributed by atoms with Gasteiger partial charge in [0.15, 0.2) is 10.9 Å². The van der Waals surface area contributed by atoms with Gasteiger partial charge in [0.2, 0.25) is 0 Å². The number of hydrogen-bond donors (Lipinski definition) is 0. The van der Waals surface area contributed by atoms with Crippen LogP contribution in [0.2, 0.25) is 0 Å². The number of hydrogen-bond acceptors (Lipinski definition) is 4. The lowest BCUT2D eigenvalue weighted by atomic mass is 10.3. The predicted molar refractivity (Wildman–Crippen MR) is 92.1 cm³/mol. The van der Waals surface area contributed by atoms with Gasteiger partial charge in [0, 0.05) is 26.9 Å². The zero-order valence-corrected chi connectivity index (χ0v) is 14.0. The highest BCUT2D eigenvalue weighted by Crippen LogP contribution is 2.24. The topological polar surface area (TPSA) is 49.0 Å². The number of nitrogens with zero attached hydrogens (tertiary/aromatic N) is 3. The molecule has 3 rings (SSSR count). The first kappa shape index (κ1) is 15.8. The molecule has 0 N–H and O–H groups in total. The quantitative estimate of drug-likeness (QED) is 0.494. The van der Waals surface area contributed by atoms with E-state index < -0.39 is 0 Å². The number of fused-ring (bicyclic) bond motifs is 1. The van der Waals surface area contributed by atoms with E-state index in [-0.39, 0.29) is 5.78 Å². The van der Waals surface area contributed by atoms with E-state index in [2.05, 4.69) is 9.55 Å². The molecular weight excluding hydrogens is 310 g/mol. The minimum Gasteiger partial charge on any atom is -0.383 e. The molecule has 0 amide bonds. The number of rotatable bonds is 7. The fourth-order valence-corrected chi connectivity index (χ4v) is 3.43. The van der Waals surface area contributed by atoms with Gasteiger partial charge in [-0.2, -0.15) is 0 Å². The predicted octanol–water partition coefficient (Wildman–Crippen LogP) is 3.00. The Balaban J connectivity index is 1.81. The first-order valence-electron chi connectivity index (χ1n) is 7.42. The summed E-state index contributed by atoms with van der Waals surface area (Å²) in [5.74, 6) is 0.474. The molecule has 6 heteroatoms. The van der Waals surface area contributed by atoms with Crippen molar-refractivity contribution >= 4 is 28.6 Å². The minimum absolute atomic E-state index is 0.104. The van der Waals surface area contributed by atoms with E-state index in [1.807, 2.05) is 54.2 Å². The maximum absolute atomic E-state index is 12.3. The van der Waals surface area contributed by atoms with Crippen LogP contribution in [0, 0.1) is 0 Å². The second-order valence-electron chi connectivity index (χ2n) is 5.24. The van der Waals surface area contributed by atoms with Crippen molar-refractivity contribution in [2.75, 3.05) is 19.5 Å². The highest BCUT2D eigenvalue weighted by Gasteiger charge is 2.14. The second-order valence-corrected chi connectivity index (χ2v) is 6.19. The molecule has 0 saturated carbocycles. The number of aromatic nitrogens is 3. The van der Waals surface area contributed by atoms with Crippen LogP contribution in [0.3, 0.4) is 0 Å². The molecule has 0 aliphatic carbocycles. The van der Waals surface area contributed by atoms with Gasteiger partial charge in [-0.15, -0.1) is 0 Å². The van der Waals surface area contributed by atoms with Crippen molar-refractivity contribution in [3.05, 3.63) is 48.3 Å². The van der Waals surface area contributed by atoms with Crippen molar-refractivity contribution < 1.29 is 9.53 Å². The van der Waals surface area contributed by atoms with Crippen molar-refractivity contribution in [2.24, 2.45) is 7.05 Å². The van der Waals surface area contributed by atoms with Gasteiger partial charge in [-0.1, -0.05) is 23.9 Å². The number of methoxy groups -OCH3 is 1. The first-order valence-corrected chi connectivity index (χ1v) is 8.41. The Morgan fingerprint density at radius 2 is 2.09 bits per heavy atom. The summed E-state index contributed by atoms with van der Waals surface area (Å²) in [7, 11) is 3.57. The van der Waals surface area contributed by atoms with Gasteiger partial charge in [0.05, 0.1) is 29.1 Å². The van der Waals surface area contributed by atoms with Gasteiger partial charge in [0.1, 0.15) is 0 Å². The van der Waals surface area contributed by atoms with Gasteiger partial charge in [0.25, 0.3) is 0 Å². The van der Waals surface area contributed by atoms with Crippen LogP contribution in [0.15, 0.2) is 47.8 Å². The molecule has 0 atom stereocenters. The molecule has 120 valence electrons. The van der Waals surface area contributed by atoms with Gasteiger partial charge < -0.3 is 13.9 Å². The Morgan fingerprint density at radius 3 is 2.83 bits per heavy atom. The van der Waals surface area contributed by atoms with Crippen LogP contribution in [0.4, 0.5) is 0 Å². The van der Waals surface area contributed by atoms with Crippen LogP contribution < -0.4 is 0 Å². The van der Waals surface area contributed by atoms with E-state index in [9.17, 15) is 4.79 Å². The number of ketones is 1. The summed E-state index contributed by atoms with van der Waals surface area (Å²) in [6, 6.07) is 11.7. The fraction of sp³-hybridized carbons (Fsp3) is 0.294.